The third-order valence-corrected chi connectivity index (χ3v) is 8.31. The zero-order chi connectivity index (χ0) is 33.8. The van der Waals surface area contributed by atoms with Gasteiger partial charge >= 0.3 is 12.2 Å². The Morgan fingerprint density at radius 3 is 1.28 bits per heavy atom. The minimum Gasteiger partial charge on any atom is -0.396 e. The van der Waals surface area contributed by atoms with Crippen LogP contribution < -0.4 is 9.80 Å². The molecule has 0 heterocycles. The van der Waals surface area contributed by atoms with Gasteiger partial charge in [-0.3, -0.25) is 19.5 Å². The van der Waals surface area contributed by atoms with Crippen LogP contribution in [0.25, 0.3) is 0 Å². The highest BCUT2D eigenvalue weighted by molar-refractivity contribution is 7.99. The number of hydrogen-bond acceptors (Lipinski definition) is 9. The molecular weight excluding hydrogens is 616 g/mol. The highest BCUT2D eigenvalue weighted by Crippen LogP contribution is 2.29. The van der Waals surface area contributed by atoms with Crippen molar-refractivity contribution in [1.82, 2.24) is 0 Å². The second-order valence-corrected chi connectivity index (χ2v) is 11.9. The first-order chi connectivity index (χ1) is 22.7. The van der Waals surface area contributed by atoms with Gasteiger partial charge in [-0.05, 0) is 59.7 Å². The molecule has 0 radical (unpaired) electrons. The average molecular weight is 655 g/mol. The van der Waals surface area contributed by atoms with Crippen LogP contribution in [0.5, 0.6) is 0 Å². The predicted octanol–water partition coefficient (Wildman–Crippen LogP) is 7.05. The molecule has 0 saturated heterocycles. The van der Waals surface area contributed by atoms with E-state index < -0.39 is 12.2 Å². The van der Waals surface area contributed by atoms with Gasteiger partial charge in [0.25, 0.3) is 0 Å². The Balaban J connectivity index is 1.43. The van der Waals surface area contributed by atoms with Gasteiger partial charge in [0, 0.05) is 47.1 Å². The Labute approximate surface area is 278 Å². The lowest BCUT2D eigenvalue weighted by molar-refractivity contribution is 0.157. The molecule has 4 aromatic carbocycles. The van der Waals surface area contributed by atoms with Crippen molar-refractivity contribution < 1.29 is 29.5 Å². The molecule has 0 saturated carbocycles. The van der Waals surface area contributed by atoms with Gasteiger partial charge in [0.2, 0.25) is 0 Å². The number of carbonyl (C=O) groups is 2. The molecule has 0 bridgehead atoms. The summed E-state index contributed by atoms with van der Waals surface area (Å²) < 4.78 is 0. The van der Waals surface area contributed by atoms with E-state index in [1.54, 1.807) is 52.2 Å². The Hall–Kier alpha value is -4.97. The Morgan fingerprint density at radius 1 is 0.617 bits per heavy atom. The van der Waals surface area contributed by atoms with Gasteiger partial charge in [0.1, 0.15) is 0 Å². The summed E-state index contributed by atoms with van der Waals surface area (Å²) in [6, 6.07) is 33.3. The molecule has 4 aromatic rings. The van der Waals surface area contributed by atoms with Crippen LogP contribution >= 0.6 is 11.8 Å². The minimum atomic E-state index is -0.645. The smallest absolute Gasteiger partial charge is 0.396 e. The summed E-state index contributed by atoms with van der Waals surface area (Å²) in [4.78, 5) is 40.3. The van der Waals surface area contributed by atoms with Crippen LogP contribution in [0.3, 0.4) is 0 Å². The molecule has 2 atom stereocenters. The third-order valence-electron chi connectivity index (χ3n) is 7.30. The first-order valence-corrected chi connectivity index (χ1v) is 15.8. The molecule has 0 aromatic heterocycles. The zero-order valence-electron chi connectivity index (χ0n) is 26.7. The van der Waals surface area contributed by atoms with E-state index in [0.717, 1.165) is 9.79 Å². The lowest BCUT2D eigenvalue weighted by Gasteiger charge is -2.16. The van der Waals surface area contributed by atoms with Gasteiger partial charge in [0.05, 0.1) is 24.6 Å². The first kappa shape index (κ1) is 34.9. The molecule has 244 valence electrons. The van der Waals surface area contributed by atoms with Gasteiger partial charge < -0.3 is 10.2 Å². The Morgan fingerprint density at radius 2 is 0.957 bits per heavy atom. The summed E-state index contributed by atoms with van der Waals surface area (Å²) in [6.45, 7) is 3.26. The summed E-state index contributed by atoms with van der Waals surface area (Å²) in [6.07, 6.45) is -1.29. The first-order valence-electron chi connectivity index (χ1n) is 15.0. The molecule has 0 aliphatic rings. The number of aliphatic hydroxyl groups excluding tert-OH is 2. The zero-order valence-corrected chi connectivity index (χ0v) is 27.5. The molecule has 0 aliphatic carbocycles. The number of hydrogen-bond donors (Lipinski definition) is 2. The van der Waals surface area contributed by atoms with Crippen LogP contribution in [0, 0.1) is 11.8 Å². The number of aliphatic hydroxyl groups is 2. The van der Waals surface area contributed by atoms with Crippen LogP contribution in [-0.4, -0.2) is 61.1 Å². The van der Waals surface area contributed by atoms with E-state index in [-0.39, 0.29) is 25.0 Å². The number of oxime groups is 2. The second-order valence-electron chi connectivity index (χ2n) is 10.8. The molecule has 0 fully saturated rings. The standard InChI is InChI=1S/C36H38N4O6S/c1-25(23-41)33(37-45-35(43)39(3)29-11-7-5-8-12-29)27-15-19-31(20-16-27)47-32-21-17-28(18-22-32)34(26(2)24-42)38-46-36(44)40(4)30-13-9-6-10-14-30/h5-22,25-26,41-42H,23-24H2,1-4H3/b37-33+,38-34+. The van der Waals surface area contributed by atoms with E-state index in [4.69, 9.17) is 9.68 Å². The van der Waals surface area contributed by atoms with Gasteiger partial charge in [0.15, 0.2) is 0 Å². The lowest BCUT2D eigenvalue weighted by atomic mass is 9.99. The highest BCUT2D eigenvalue weighted by Gasteiger charge is 2.19. The number of para-hydroxylation sites is 2. The quantitative estimate of drug-likeness (QED) is 0.0953. The van der Waals surface area contributed by atoms with Crippen LogP contribution in [-0.2, 0) is 9.68 Å². The summed E-state index contributed by atoms with van der Waals surface area (Å²) in [7, 11) is 3.20. The average Bonchev–Trinajstić information content (AvgIpc) is 3.12. The molecule has 11 heteroatoms. The van der Waals surface area contributed by atoms with Gasteiger partial charge in [-0.25, -0.2) is 9.59 Å². The van der Waals surface area contributed by atoms with Crippen molar-refractivity contribution in [3.05, 3.63) is 120 Å². The van der Waals surface area contributed by atoms with Gasteiger partial charge in [-0.1, -0.05) is 96.6 Å². The summed E-state index contributed by atoms with van der Waals surface area (Å²) in [5.74, 6) is -0.739. The lowest BCUT2D eigenvalue weighted by Crippen LogP contribution is -2.26. The number of amides is 2. The molecule has 4 rings (SSSR count). The third kappa shape index (κ3) is 9.52. The van der Waals surface area contributed by atoms with E-state index in [0.29, 0.717) is 33.9 Å². The number of nitrogens with zero attached hydrogens (tertiary/aromatic N) is 4. The van der Waals surface area contributed by atoms with Crippen molar-refractivity contribution in [1.29, 1.82) is 0 Å². The van der Waals surface area contributed by atoms with Crippen molar-refractivity contribution in [3.8, 4) is 0 Å². The van der Waals surface area contributed by atoms with E-state index in [2.05, 4.69) is 10.3 Å². The number of benzene rings is 4. The largest absolute Gasteiger partial charge is 0.440 e. The molecule has 0 aliphatic heterocycles. The van der Waals surface area contributed by atoms with Crippen LogP contribution in [0.15, 0.2) is 129 Å². The fraction of sp³-hybridized carbons (Fsp3) is 0.222. The number of carbonyl (C=O) groups excluding carboxylic acids is 2. The van der Waals surface area contributed by atoms with Crippen LogP contribution in [0.4, 0.5) is 21.0 Å². The maximum absolute atomic E-state index is 12.6. The summed E-state index contributed by atoms with van der Waals surface area (Å²) in [5.41, 5.74) is 3.66. The summed E-state index contributed by atoms with van der Waals surface area (Å²) in [5, 5.41) is 27.9. The van der Waals surface area contributed by atoms with Crippen molar-refractivity contribution >= 4 is 46.7 Å². The van der Waals surface area contributed by atoms with Gasteiger partial charge in [-0.2, -0.15) is 0 Å². The fourth-order valence-electron chi connectivity index (χ4n) is 4.36. The van der Waals surface area contributed by atoms with Crippen molar-refractivity contribution in [2.24, 2.45) is 22.1 Å². The van der Waals surface area contributed by atoms with Crippen LogP contribution in [0.2, 0.25) is 0 Å². The predicted molar refractivity (Wildman–Crippen MR) is 185 cm³/mol. The SMILES string of the molecule is CC(CO)/C(=N\OC(=O)N(C)c1ccccc1)c1ccc(Sc2ccc(/C(=N/OC(=O)N(C)c3ccccc3)C(C)CO)cc2)cc1. The van der Waals surface area contributed by atoms with E-state index in [9.17, 15) is 19.8 Å². The Kier molecular flexibility index (Phi) is 12.7. The Bertz CT molecular complexity index is 1540. The molecule has 47 heavy (non-hydrogen) atoms. The van der Waals surface area contributed by atoms with E-state index >= 15 is 0 Å². The van der Waals surface area contributed by atoms with Crippen molar-refractivity contribution in [2.75, 3.05) is 37.1 Å². The fourth-order valence-corrected chi connectivity index (χ4v) is 5.18. The maximum atomic E-state index is 12.6. The molecule has 2 unspecified atom stereocenters. The van der Waals surface area contributed by atoms with Crippen molar-refractivity contribution in [3.63, 3.8) is 0 Å². The number of anilines is 2. The highest BCUT2D eigenvalue weighted by atomic mass is 32.2. The summed E-state index contributed by atoms with van der Waals surface area (Å²) >= 11 is 1.53. The molecular formula is C36H38N4O6S. The minimum absolute atomic E-state index is 0.170. The van der Waals surface area contributed by atoms with Gasteiger partial charge in [-0.15, -0.1) is 0 Å². The number of rotatable bonds is 12. The second kappa shape index (κ2) is 17.1. The van der Waals surface area contributed by atoms with Crippen LogP contribution in [0.1, 0.15) is 25.0 Å². The molecule has 0 spiro atoms. The normalized spacial score (nSPS) is 13.0. The topological polar surface area (TPSA) is 124 Å². The molecule has 2 amide bonds. The van der Waals surface area contributed by atoms with E-state index in [1.165, 1.54) is 21.6 Å². The molecule has 10 nitrogen and oxygen atoms in total. The van der Waals surface area contributed by atoms with Crippen molar-refractivity contribution in [2.45, 2.75) is 23.6 Å². The maximum Gasteiger partial charge on any atom is 0.440 e. The van der Waals surface area contributed by atoms with E-state index in [1.807, 2.05) is 84.9 Å². The molecule has 2 N–H and O–H groups in total. The monoisotopic (exact) mass is 654 g/mol.